The van der Waals surface area contributed by atoms with Crippen LogP contribution in [0.3, 0.4) is 0 Å². The molecule has 1 saturated heterocycles. The number of nitrogens with one attached hydrogen (secondary N) is 1. The van der Waals surface area contributed by atoms with E-state index < -0.39 is 17.9 Å². The van der Waals surface area contributed by atoms with Gasteiger partial charge in [-0.05, 0) is 31.4 Å². The SMILES string of the molecule is CCCc1sc(NC(=O)CN2C(=O)[C@H]3CCCN3C(=O)c3ccccc32)nc1C(=O)OC. The first kappa shape index (κ1) is 21.9. The molecule has 0 unspecified atom stereocenters. The number of fused-ring (bicyclic) bond motifs is 2. The van der Waals surface area contributed by atoms with Gasteiger partial charge in [0.1, 0.15) is 12.6 Å². The number of esters is 1. The topological polar surface area (TPSA) is 109 Å². The van der Waals surface area contributed by atoms with Gasteiger partial charge in [0.25, 0.3) is 5.91 Å². The van der Waals surface area contributed by atoms with Crippen molar-refractivity contribution in [2.75, 3.05) is 30.4 Å². The molecule has 9 nitrogen and oxygen atoms in total. The van der Waals surface area contributed by atoms with Gasteiger partial charge < -0.3 is 19.9 Å². The van der Waals surface area contributed by atoms with E-state index in [1.54, 1.807) is 29.2 Å². The van der Waals surface area contributed by atoms with Crippen LogP contribution in [0, 0.1) is 0 Å². The van der Waals surface area contributed by atoms with Crippen molar-refractivity contribution in [3.05, 3.63) is 40.4 Å². The Morgan fingerprint density at radius 2 is 2.06 bits per heavy atom. The molecule has 2 aliphatic heterocycles. The highest BCUT2D eigenvalue weighted by atomic mass is 32.1. The Balaban J connectivity index is 1.59. The van der Waals surface area contributed by atoms with Crippen LogP contribution in [0.15, 0.2) is 24.3 Å². The molecule has 2 aromatic rings. The van der Waals surface area contributed by atoms with Gasteiger partial charge in [0.15, 0.2) is 10.8 Å². The van der Waals surface area contributed by atoms with E-state index in [0.717, 1.165) is 17.7 Å². The normalized spacial score (nSPS) is 17.6. The molecule has 0 bridgehead atoms. The molecule has 0 spiro atoms. The maximum atomic E-state index is 13.3. The number of ether oxygens (including phenoxy) is 1. The fourth-order valence-corrected chi connectivity index (χ4v) is 5.20. The minimum absolute atomic E-state index is 0.189. The Kier molecular flexibility index (Phi) is 6.22. The molecule has 1 aromatic heterocycles. The summed E-state index contributed by atoms with van der Waals surface area (Å²) in [5.41, 5.74) is 1.02. The van der Waals surface area contributed by atoms with Crippen molar-refractivity contribution >= 4 is 45.8 Å². The molecule has 0 saturated carbocycles. The number of nitrogens with zero attached hydrogens (tertiary/aromatic N) is 3. The molecule has 10 heteroatoms. The molecule has 1 atom stereocenters. The number of aryl methyl sites for hydroxylation is 1. The summed E-state index contributed by atoms with van der Waals surface area (Å²) in [7, 11) is 1.28. The monoisotopic (exact) mass is 456 g/mol. The number of carbonyl (C=O) groups is 4. The predicted molar refractivity (Wildman–Crippen MR) is 119 cm³/mol. The second kappa shape index (κ2) is 9.07. The number of methoxy groups -OCH3 is 1. The molecule has 32 heavy (non-hydrogen) atoms. The minimum Gasteiger partial charge on any atom is -0.464 e. The third-order valence-electron chi connectivity index (χ3n) is 5.59. The first-order valence-corrected chi connectivity index (χ1v) is 11.4. The van der Waals surface area contributed by atoms with Gasteiger partial charge in [-0.25, -0.2) is 9.78 Å². The van der Waals surface area contributed by atoms with Gasteiger partial charge in [-0.3, -0.25) is 14.4 Å². The van der Waals surface area contributed by atoms with Crippen molar-refractivity contribution in [3.63, 3.8) is 0 Å². The van der Waals surface area contributed by atoms with E-state index in [1.807, 2.05) is 6.92 Å². The van der Waals surface area contributed by atoms with Crippen molar-refractivity contribution in [2.24, 2.45) is 0 Å². The molecular formula is C22H24N4O5S. The maximum absolute atomic E-state index is 13.3. The number of carbonyl (C=O) groups excluding carboxylic acids is 4. The zero-order valence-electron chi connectivity index (χ0n) is 17.9. The number of aromatic nitrogens is 1. The van der Waals surface area contributed by atoms with Crippen LogP contribution in [0.5, 0.6) is 0 Å². The quantitative estimate of drug-likeness (QED) is 0.669. The summed E-state index contributed by atoms with van der Waals surface area (Å²) in [4.78, 5) is 59.1. The lowest BCUT2D eigenvalue weighted by molar-refractivity contribution is -0.124. The van der Waals surface area contributed by atoms with E-state index in [0.29, 0.717) is 30.6 Å². The number of amides is 3. The van der Waals surface area contributed by atoms with Crippen LogP contribution in [0.2, 0.25) is 0 Å². The third kappa shape index (κ3) is 3.97. The summed E-state index contributed by atoms with van der Waals surface area (Å²) >= 11 is 1.21. The Labute approximate surface area is 189 Å². The van der Waals surface area contributed by atoms with Crippen molar-refractivity contribution in [1.29, 1.82) is 0 Å². The molecule has 0 radical (unpaired) electrons. The van der Waals surface area contributed by atoms with Gasteiger partial charge in [0, 0.05) is 11.4 Å². The highest BCUT2D eigenvalue weighted by molar-refractivity contribution is 7.16. The molecule has 1 fully saturated rings. The van der Waals surface area contributed by atoms with Crippen molar-refractivity contribution in [1.82, 2.24) is 9.88 Å². The average Bonchev–Trinajstić information content (AvgIpc) is 3.42. The van der Waals surface area contributed by atoms with E-state index in [4.69, 9.17) is 4.74 Å². The van der Waals surface area contributed by atoms with E-state index in [2.05, 4.69) is 10.3 Å². The lowest BCUT2D eigenvalue weighted by Gasteiger charge is -2.25. The summed E-state index contributed by atoms with van der Waals surface area (Å²) < 4.78 is 4.78. The largest absolute Gasteiger partial charge is 0.464 e. The van der Waals surface area contributed by atoms with E-state index >= 15 is 0 Å². The zero-order valence-corrected chi connectivity index (χ0v) is 18.7. The number of thiazole rings is 1. The lowest BCUT2D eigenvalue weighted by Crippen LogP contribution is -2.47. The number of hydrogen-bond donors (Lipinski definition) is 1. The number of rotatable bonds is 6. The highest BCUT2D eigenvalue weighted by Gasteiger charge is 2.42. The second-order valence-corrected chi connectivity index (χ2v) is 8.76. The summed E-state index contributed by atoms with van der Waals surface area (Å²) in [6, 6.07) is 6.27. The zero-order chi connectivity index (χ0) is 22.8. The van der Waals surface area contributed by atoms with Gasteiger partial charge in [-0.1, -0.05) is 25.5 Å². The maximum Gasteiger partial charge on any atom is 0.357 e. The smallest absolute Gasteiger partial charge is 0.357 e. The minimum atomic E-state index is -0.565. The first-order chi connectivity index (χ1) is 15.4. The predicted octanol–water partition coefficient (Wildman–Crippen LogP) is 2.47. The summed E-state index contributed by atoms with van der Waals surface area (Å²) in [6.07, 6.45) is 2.77. The Morgan fingerprint density at radius 1 is 1.28 bits per heavy atom. The second-order valence-electron chi connectivity index (χ2n) is 7.68. The summed E-state index contributed by atoms with van der Waals surface area (Å²) in [6.45, 7) is 2.25. The fourth-order valence-electron chi connectivity index (χ4n) is 4.13. The van der Waals surface area contributed by atoms with Crippen LogP contribution in [-0.2, 0) is 20.7 Å². The van der Waals surface area contributed by atoms with E-state index in [9.17, 15) is 19.2 Å². The average molecular weight is 457 g/mol. The Hall–Kier alpha value is -3.27. The van der Waals surface area contributed by atoms with E-state index in [-0.39, 0.29) is 29.2 Å². The van der Waals surface area contributed by atoms with Crippen LogP contribution in [0.1, 0.15) is 51.9 Å². The molecule has 3 amide bonds. The molecular weight excluding hydrogens is 432 g/mol. The molecule has 0 aliphatic carbocycles. The molecule has 2 aliphatic rings. The van der Waals surface area contributed by atoms with Crippen LogP contribution < -0.4 is 10.2 Å². The number of para-hydroxylation sites is 1. The number of benzene rings is 1. The van der Waals surface area contributed by atoms with Gasteiger partial charge in [-0.15, -0.1) is 11.3 Å². The molecule has 1 N–H and O–H groups in total. The van der Waals surface area contributed by atoms with Crippen LogP contribution in [-0.4, -0.2) is 59.8 Å². The van der Waals surface area contributed by atoms with Crippen LogP contribution >= 0.6 is 11.3 Å². The van der Waals surface area contributed by atoms with Crippen LogP contribution in [0.4, 0.5) is 10.8 Å². The van der Waals surface area contributed by atoms with Gasteiger partial charge in [0.05, 0.1) is 18.4 Å². The molecule has 168 valence electrons. The summed E-state index contributed by atoms with van der Waals surface area (Å²) in [5, 5.41) is 2.97. The lowest BCUT2D eigenvalue weighted by atomic mass is 10.1. The van der Waals surface area contributed by atoms with Crippen molar-refractivity contribution in [3.8, 4) is 0 Å². The van der Waals surface area contributed by atoms with Crippen LogP contribution in [0.25, 0.3) is 0 Å². The molecule has 4 rings (SSSR count). The van der Waals surface area contributed by atoms with Crippen molar-refractivity contribution in [2.45, 2.75) is 38.6 Å². The van der Waals surface area contributed by atoms with Crippen molar-refractivity contribution < 1.29 is 23.9 Å². The molecule has 3 heterocycles. The standard InChI is InChI=1S/C22H24N4O5S/c1-3-7-16-18(21(30)31-2)24-22(32-16)23-17(27)12-26-14-9-5-4-8-13(14)19(28)25-11-6-10-15(25)20(26)29/h4-5,8-9,15H,3,6-7,10-12H2,1-2H3,(H,23,24,27)/t15-/m1/s1. The summed E-state index contributed by atoms with van der Waals surface area (Å²) in [5.74, 6) is -1.47. The highest BCUT2D eigenvalue weighted by Crippen LogP contribution is 2.32. The fraction of sp³-hybridized carbons (Fsp3) is 0.409. The Bertz CT molecular complexity index is 1080. The van der Waals surface area contributed by atoms with Gasteiger partial charge >= 0.3 is 5.97 Å². The number of anilines is 2. The van der Waals surface area contributed by atoms with E-state index in [1.165, 1.54) is 23.3 Å². The number of hydrogen-bond acceptors (Lipinski definition) is 7. The third-order valence-corrected chi connectivity index (χ3v) is 6.62. The Morgan fingerprint density at radius 3 is 2.81 bits per heavy atom. The molecule has 1 aromatic carbocycles. The van der Waals surface area contributed by atoms with Gasteiger partial charge in [0.2, 0.25) is 11.8 Å². The van der Waals surface area contributed by atoms with Gasteiger partial charge in [-0.2, -0.15) is 0 Å². The first-order valence-electron chi connectivity index (χ1n) is 10.5.